The first kappa shape index (κ1) is 19.1. The highest BCUT2D eigenvalue weighted by molar-refractivity contribution is 5.91. The van der Waals surface area contributed by atoms with Crippen molar-refractivity contribution < 1.29 is 24.3 Å². The topological polar surface area (TPSA) is 179 Å². The van der Waals surface area contributed by atoms with Crippen LogP contribution in [0.25, 0.3) is 0 Å². The van der Waals surface area contributed by atoms with Gasteiger partial charge in [-0.05, 0) is 6.92 Å². The molecule has 0 aliphatic carbocycles. The summed E-state index contributed by atoms with van der Waals surface area (Å²) in [5.74, 6) is -2.99. The van der Waals surface area contributed by atoms with E-state index >= 15 is 0 Å². The number of rotatable bonds is 9. The fourth-order valence-corrected chi connectivity index (χ4v) is 1.72. The Balaban J connectivity index is 2.58. The molecular weight excluding hydrogens is 320 g/mol. The minimum absolute atomic E-state index is 0.130. The maximum absolute atomic E-state index is 12.1. The van der Waals surface area contributed by atoms with Gasteiger partial charge in [-0.1, -0.05) is 0 Å². The first-order chi connectivity index (χ1) is 11.3. The average molecular weight is 340 g/mol. The molecule has 1 rings (SSSR count). The number of nitrogens with two attached hydrogens (primary N) is 1. The number of carbonyl (C=O) groups excluding carboxylic acids is 3. The molecule has 0 saturated carbocycles. The van der Waals surface area contributed by atoms with Gasteiger partial charge in [0, 0.05) is 18.3 Å². The Morgan fingerprint density at radius 1 is 1.29 bits per heavy atom. The van der Waals surface area contributed by atoms with Gasteiger partial charge in [0.05, 0.1) is 19.4 Å². The molecule has 7 N–H and O–H groups in total. The summed E-state index contributed by atoms with van der Waals surface area (Å²) in [5.41, 5.74) is 5.82. The first-order valence-electron chi connectivity index (χ1n) is 7.10. The van der Waals surface area contributed by atoms with E-state index in [-0.39, 0.29) is 13.0 Å². The number of carboxylic acid groups (broad SMARTS) is 1. The van der Waals surface area contributed by atoms with Gasteiger partial charge in [-0.25, -0.2) is 4.98 Å². The van der Waals surface area contributed by atoms with E-state index in [1.807, 2.05) is 0 Å². The largest absolute Gasteiger partial charge is 0.480 e. The van der Waals surface area contributed by atoms with Gasteiger partial charge in [0.15, 0.2) is 0 Å². The number of nitrogens with zero attached hydrogens (tertiary/aromatic N) is 1. The van der Waals surface area contributed by atoms with Crippen molar-refractivity contribution in [2.45, 2.75) is 25.4 Å². The number of aromatic nitrogens is 2. The summed E-state index contributed by atoms with van der Waals surface area (Å²) >= 11 is 0. The molecule has 2 unspecified atom stereocenters. The van der Waals surface area contributed by atoms with Crippen molar-refractivity contribution in [3.05, 3.63) is 18.2 Å². The lowest BCUT2D eigenvalue weighted by atomic mass is 10.1. The zero-order chi connectivity index (χ0) is 18.1. The molecule has 0 aromatic carbocycles. The summed E-state index contributed by atoms with van der Waals surface area (Å²) in [5, 5.41) is 15.7. The molecular formula is C13H20N6O5. The summed E-state index contributed by atoms with van der Waals surface area (Å²) in [4.78, 5) is 52.4. The van der Waals surface area contributed by atoms with Crippen LogP contribution in [0.4, 0.5) is 0 Å². The third kappa shape index (κ3) is 6.44. The maximum atomic E-state index is 12.1. The van der Waals surface area contributed by atoms with Gasteiger partial charge < -0.3 is 31.8 Å². The minimum Gasteiger partial charge on any atom is -0.480 e. The predicted molar refractivity (Wildman–Crippen MR) is 81.5 cm³/mol. The Labute approximate surface area is 137 Å². The van der Waals surface area contributed by atoms with Crippen LogP contribution in [0, 0.1) is 0 Å². The average Bonchev–Trinajstić information content (AvgIpc) is 3.04. The van der Waals surface area contributed by atoms with Crippen LogP contribution in [-0.2, 0) is 25.6 Å². The van der Waals surface area contributed by atoms with Gasteiger partial charge >= 0.3 is 5.97 Å². The minimum atomic E-state index is -1.19. The normalized spacial score (nSPS) is 12.8. The fraction of sp³-hybridized carbons (Fsp3) is 0.462. The molecule has 1 aromatic heterocycles. The van der Waals surface area contributed by atoms with E-state index < -0.39 is 42.3 Å². The molecule has 2 atom stereocenters. The molecule has 11 nitrogen and oxygen atoms in total. The maximum Gasteiger partial charge on any atom is 0.325 e. The summed E-state index contributed by atoms with van der Waals surface area (Å²) in [7, 11) is 0. The van der Waals surface area contributed by atoms with Crippen molar-refractivity contribution >= 4 is 23.7 Å². The van der Waals surface area contributed by atoms with Crippen LogP contribution in [0.5, 0.6) is 0 Å². The van der Waals surface area contributed by atoms with E-state index in [2.05, 4.69) is 25.9 Å². The van der Waals surface area contributed by atoms with Crippen molar-refractivity contribution in [1.82, 2.24) is 25.9 Å². The molecule has 3 amide bonds. The molecule has 1 heterocycles. The lowest BCUT2D eigenvalue weighted by molar-refractivity contribution is -0.141. The molecule has 0 spiro atoms. The number of aliphatic carboxylic acids is 1. The second kappa shape index (κ2) is 9.25. The predicted octanol–water partition coefficient (Wildman–Crippen LogP) is -2.90. The standard InChI is InChI=1S/C13H20N6O5/c1-7(13(23)24)18-11(21)5-16-12(22)9(19-10(20)3-14)2-8-4-15-6-17-8/h4,6-7,9H,2-3,5,14H2,1H3,(H,15,17)(H,16,22)(H,18,21)(H,19,20)(H,23,24). The monoisotopic (exact) mass is 340 g/mol. The van der Waals surface area contributed by atoms with E-state index in [1.165, 1.54) is 19.4 Å². The Hall–Kier alpha value is -2.95. The van der Waals surface area contributed by atoms with Gasteiger partial charge in [-0.15, -0.1) is 0 Å². The Morgan fingerprint density at radius 3 is 2.54 bits per heavy atom. The lowest BCUT2D eigenvalue weighted by Crippen LogP contribution is -2.52. The van der Waals surface area contributed by atoms with Crippen LogP contribution in [-0.4, -0.2) is 63.9 Å². The zero-order valence-corrected chi connectivity index (χ0v) is 13.0. The van der Waals surface area contributed by atoms with Crippen molar-refractivity contribution in [2.75, 3.05) is 13.1 Å². The second-order valence-electron chi connectivity index (χ2n) is 4.95. The van der Waals surface area contributed by atoms with Crippen LogP contribution in [0.1, 0.15) is 12.6 Å². The summed E-state index contributed by atoms with van der Waals surface area (Å²) < 4.78 is 0. The second-order valence-corrected chi connectivity index (χ2v) is 4.95. The quantitative estimate of drug-likeness (QED) is 0.279. The molecule has 0 aliphatic heterocycles. The van der Waals surface area contributed by atoms with Gasteiger partial charge in [-0.2, -0.15) is 0 Å². The summed E-state index contributed by atoms with van der Waals surface area (Å²) in [6.07, 6.45) is 3.05. The molecule has 132 valence electrons. The van der Waals surface area contributed by atoms with Crippen molar-refractivity contribution in [1.29, 1.82) is 0 Å². The van der Waals surface area contributed by atoms with Gasteiger partial charge in [0.25, 0.3) is 0 Å². The molecule has 1 aromatic rings. The van der Waals surface area contributed by atoms with Crippen LogP contribution >= 0.6 is 0 Å². The molecule has 0 bridgehead atoms. The highest BCUT2D eigenvalue weighted by Gasteiger charge is 2.22. The number of amides is 3. The smallest absolute Gasteiger partial charge is 0.325 e. The molecule has 0 aliphatic rings. The molecule has 24 heavy (non-hydrogen) atoms. The van der Waals surface area contributed by atoms with E-state index in [1.54, 1.807) is 0 Å². The number of carbonyl (C=O) groups is 4. The Kier molecular flexibility index (Phi) is 7.36. The highest BCUT2D eigenvalue weighted by Crippen LogP contribution is 1.99. The van der Waals surface area contributed by atoms with E-state index in [9.17, 15) is 19.2 Å². The van der Waals surface area contributed by atoms with Crippen molar-refractivity contribution in [3.8, 4) is 0 Å². The number of carboxylic acids is 1. The van der Waals surface area contributed by atoms with Crippen LogP contribution in [0.3, 0.4) is 0 Å². The molecule has 0 saturated heterocycles. The third-order valence-electron chi connectivity index (χ3n) is 2.99. The molecule has 0 radical (unpaired) electrons. The first-order valence-corrected chi connectivity index (χ1v) is 7.10. The number of imidazole rings is 1. The third-order valence-corrected chi connectivity index (χ3v) is 2.99. The van der Waals surface area contributed by atoms with Crippen LogP contribution in [0.2, 0.25) is 0 Å². The SMILES string of the molecule is CC(NC(=O)CNC(=O)C(Cc1cnc[nH]1)NC(=O)CN)C(=O)O. The van der Waals surface area contributed by atoms with Crippen molar-refractivity contribution in [3.63, 3.8) is 0 Å². The van der Waals surface area contributed by atoms with Crippen molar-refractivity contribution in [2.24, 2.45) is 5.73 Å². The van der Waals surface area contributed by atoms with Gasteiger partial charge in [0.2, 0.25) is 17.7 Å². The number of nitrogens with one attached hydrogen (secondary N) is 4. The molecule has 0 fully saturated rings. The van der Waals surface area contributed by atoms with E-state index in [0.717, 1.165) is 0 Å². The van der Waals surface area contributed by atoms with E-state index in [0.29, 0.717) is 5.69 Å². The number of hydrogen-bond acceptors (Lipinski definition) is 6. The Morgan fingerprint density at radius 2 is 2.00 bits per heavy atom. The van der Waals surface area contributed by atoms with Crippen LogP contribution < -0.4 is 21.7 Å². The van der Waals surface area contributed by atoms with Gasteiger partial charge in [0.1, 0.15) is 12.1 Å². The summed E-state index contributed by atoms with van der Waals surface area (Å²) in [6.45, 7) is 0.586. The lowest BCUT2D eigenvalue weighted by Gasteiger charge is -2.17. The van der Waals surface area contributed by atoms with Crippen LogP contribution in [0.15, 0.2) is 12.5 Å². The Bertz CT molecular complexity index is 588. The number of H-pyrrole nitrogens is 1. The number of hydrogen-bond donors (Lipinski definition) is 6. The fourth-order valence-electron chi connectivity index (χ4n) is 1.72. The highest BCUT2D eigenvalue weighted by atomic mass is 16.4. The van der Waals surface area contributed by atoms with Gasteiger partial charge in [-0.3, -0.25) is 19.2 Å². The summed E-state index contributed by atoms with van der Waals surface area (Å²) in [6, 6.07) is -2.03. The number of aromatic amines is 1. The zero-order valence-electron chi connectivity index (χ0n) is 13.0. The van der Waals surface area contributed by atoms with E-state index in [4.69, 9.17) is 10.8 Å². The molecule has 11 heteroatoms.